The van der Waals surface area contributed by atoms with Crippen LogP contribution in [0.3, 0.4) is 0 Å². The maximum atomic E-state index is 14.0. The predicted molar refractivity (Wildman–Crippen MR) is 184 cm³/mol. The Bertz CT molecular complexity index is 1350. The number of hydrogen-bond acceptors (Lipinski definition) is 4. The Labute approximate surface area is 297 Å². The number of pyridine rings is 1. The van der Waals surface area contributed by atoms with Gasteiger partial charge >= 0.3 is 0 Å². The fraction of sp³-hybridized carbons (Fsp3) is 0.553. The molecule has 2 aromatic carbocycles. The monoisotopic (exact) mass is 764 g/mol. The van der Waals surface area contributed by atoms with Crippen LogP contribution in [0.15, 0.2) is 71.9 Å². The van der Waals surface area contributed by atoms with Gasteiger partial charge in [0.2, 0.25) is 10.0 Å². The van der Waals surface area contributed by atoms with Crippen molar-refractivity contribution >= 4 is 10.0 Å². The molecule has 0 unspecified atom stereocenters. The third kappa shape index (κ3) is 13.5. The number of methoxy groups -OCH3 is 1. The molecular weight excluding hydrogens is 707 g/mol. The lowest BCUT2D eigenvalue weighted by Gasteiger charge is -2.24. The van der Waals surface area contributed by atoms with Crippen LogP contribution in [-0.4, -0.2) is 26.4 Å². The van der Waals surface area contributed by atoms with Crippen LogP contribution in [0, 0.1) is 6.92 Å². The number of nitrogens with zero attached hydrogens (tertiary/aromatic N) is 2. The molecular formula is C38H57IN2O4S. The van der Waals surface area contributed by atoms with Gasteiger partial charge in [-0.3, -0.25) is 0 Å². The highest BCUT2D eigenvalue weighted by atomic mass is 127. The molecule has 256 valence electrons. The second-order valence-electron chi connectivity index (χ2n) is 12.2. The number of ether oxygens (including phenoxy) is 2. The smallest absolute Gasteiger partial charge is 0.243 e. The summed E-state index contributed by atoms with van der Waals surface area (Å²) in [5.41, 5.74) is 2.74. The molecule has 0 spiro atoms. The second kappa shape index (κ2) is 22.4. The first-order valence-electron chi connectivity index (χ1n) is 17.2. The molecule has 0 bridgehead atoms. The number of halogens is 1. The molecule has 0 amide bonds. The molecule has 0 fully saturated rings. The van der Waals surface area contributed by atoms with E-state index in [0.29, 0.717) is 18.1 Å². The van der Waals surface area contributed by atoms with E-state index in [1.54, 1.807) is 23.5 Å². The fourth-order valence-corrected chi connectivity index (χ4v) is 7.01. The van der Waals surface area contributed by atoms with Crippen LogP contribution in [0.2, 0.25) is 0 Å². The van der Waals surface area contributed by atoms with Gasteiger partial charge in [0.1, 0.15) is 6.54 Å². The predicted octanol–water partition coefficient (Wildman–Crippen LogP) is 6.18. The van der Waals surface area contributed by atoms with Crippen molar-refractivity contribution in [3.63, 3.8) is 0 Å². The topological polar surface area (TPSA) is 59.7 Å². The highest BCUT2D eigenvalue weighted by Gasteiger charge is 2.27. The Hall–Kier alpha value is -2.17. The van der Waals surface area contributed by atoms with Gasteiger partial charge in [-0.05, 0) is 37.1 Å². The number of benzene rings is 2. The van der Waals surface area contributed by atoms with Gasteiger partial charge in [0.15, 0.2) is 23.9 Å². The summed E-state index contributed by atoms with van der Waals surface area (Å²) >= 11 is 0. The first kappa shape index (κ1) is 40.0. The average Bonchev–Trinajstić information content (AvgIpc) is 3.04. The summed E-state index contributed by atoms with van der Waals surface area (Å²) in [6.07, 6.45) is 20.5. The third-order valence-electron chi connectivity index (χ3n) is 8.33. The maximum Gasteiger partial charge on any atom is 0.243 e. The summed E-state index contributed by atoms with van der Waals surface area (Å²) in [7, 11) is -2.16. The Kier molecular flexibility index (Phi) is 19.5. The lowest BCUT2D eigenvalue weighted by atomic mass is 10.1. The molecule has 6 nitrogen and oxygen atoms in total. The van der Waals surface area contributed by atoms with Crippen LogP contribution in [0.5, 0.6) is 11.5 Å². The number of unbranched alkanes of at least 4 members (excludes halogenated alkanes) is 11. The highest BCUT2D eigenvalue weighted by molar-refractivity contribution is 7.89. The third-order valence-corrected chi connectivity index (χ3v) is 10.1. The van der Waals surface area contributed by atoms with Crippen LogP contribution >= 0.6 is 0 Å². The molecule has 3 aromatic rings. The summed E-state index contributed by atoms with van der Waals surface area (Å²) in [4.78, 5) is 0.284. The second-order valence-corrected chi connectivity index (χ2v) is 14.2. The van der Waals surface area contributed by atoms with Crippen LogP contribution in [0.4, 0.5) is 0 Å². The van der Waals surface area contributed by atoms with E-state index in [0.717, 1.165) is 42.5 Å². The van der Waals surface area contributed by atoms with E-state index in [2.05, 4.69) is 18.4 Å². The molecule has 0 aliphatic carbocycles. The molecule has 3 rings (SSSR count). The zero-order chi connectivity index (χ0) is 32.3. The number of para-hydroxylation sites is 1. The van der Waals surface area contributed by atoms with Crippen molar-refractivity contribution < 1.29 is 46.4 Å². The summed E-state index contributed by atoms with van der Waals surface area (Å²) in [6, 6.07) is 16.8. The zero-order valence-electron chi connectivity index (χ0n) is 28.7. The SMILES string of the molecule is CCCCCCCCCCCCCCOc1c(CN(Cc2cc[n+](CCC)cc2)S(=O)(=O)c2ccc(C)cc2)cccc1OC.[I-]. The molecule has 0 saturated heterocycles. The number of sulfonamides is 1. The van der Waals surface area contributed by atoms with E-state index in [4.69, 9.17) is 9.47 Å². The molecule has 0 aliphatic rings. The Morgan fingerprint density at radius 3 is 1.87 bits per heavy atom. The standard InChI is InChI=1S/C38H57N2O4S.HI/c1-5-7-8-9-10-11-12-13-14-15-16-17-30-44-38-35(19-18-20-37(38)43-4)32-40(31-34-25-28-39(27-6-2)29-26-34)45(41,42)36-23-21-33(3)22-24-36;/h18-26,28-29H,5-17,27,30-32H2,1-4H3;1H/q+1;/p-1. The molecule has 0 radical (unpaired) electrons. The molecule has 0 N–H and O–H groups in total. The van der Waals surface area contributed by atoms with E-state index in [1.807, 2.05) is 61.8 Å². The summed E-state index contributed by atoms with van der Waals surface area (Å²) < 4.78 is 43.7. The Morgan fingerprint density at radius 1 is 0.717 bits per heavy atom. The van der Waals surface area contributed by atoms with Crippen molar-refractivity contribution in [2.24, 2.45) is 0 Å². The molecule has 0 saturated carbocycles. The number of aryl methyl sites for hydroxylation is 2. The van der Waals surface area contributed by atoms with Gasteiger partial charge < -0.3 is 33.5 Å². The first-order valence-corrected chi connectivity index (χ1v) is 18.7. The lowest BCUT2D eigenvalue weighted by molar-refractivity contribution is -0.697. The minimum Gasteiger partial charge on any atom is -1.00 e. The van der Waals surface area contributed by atoms with Crippen molar-refractivity contribution in [2.75, 3.05) is 13.7 Å². The summed E-state index contributed by atoms with van der Waals surface area (Å²) in [5.74, 6) is 1.25. The van der Waals surface area contributed by atoms with Crippen molar-refractivity contribution in [3.05, 3.63) is 83.7 Å². The summed E-state index contributed by atoms with van der Waals surface area (Å²) in [6.45, 7) is 8.29. The minimum atomic E-state index is -3.79. The Balaban J connectivity index is 0.00000736. The summed E-state index contributed by atoms with van der Waals surface area (Å²) in [5, 5.41) is 0. The van der Waals surface area contributed by atoms with Gasteiger partial charge in [0.25, 0.3) is 0 Å². The van der Waals surface area contributed by atoms with Crippen molar-refractivity contribution in [1.29, 1.82) is 0 Å². The van der Waals surface area contributed by atoms with Gasteiger partial charge in [-0.2, -0.15) is 4.31 Å². The molecule has 1 heterocycles. The fourth-order valence-electron chi connectivity index (χ4n) is 5.61. The zero-order valence-corrected chi connectivity index (χ0v) is 31.7. The first-order chi connectivity index (χ1) is 21.9. The van der Waals surface area contributed by atoms with Crippen LogP contribution in [0.1, 0.15) is 114 Å². The number of hydrogen-bond donors (Lipinski definition) is 0. The van der Waals surface area contributed by atoms with Crippen molar-refractivity contribution in [2.45, 2.75) is 129 Å². The van der Waals surface area contributed by atoms with Gasteiger partial charge in [0.05, 0.1) is 18.6 Å². The number of aromatic nitrogens is 1. The molecule has 8 heteroatoms. The van der Waals surface area contributed by atoms with E-state index < -0.39 is 10.0 Å². The van der Waals surface area contributed by atoms with E-state index in [-0.39, 0.29) is 42.0 Å². The van der Waals surface area contributed by atoms with Crippen LogP contribution in [0.25, 0.3) is 0 Å². The lowest BCUT2D eigenvalue weighted by Crippen LogP contribution is -3.00. The molecule has 1 aromatic heterocycles. The van der Waals surface area contributed by atoms with Crippen molar-refractivity contribution in [1.82, 2.24) is 4.31 Å². The molecule has 0 aliphatic heterocycles. The van der Waals surface area contributed by atoms with Crippen molar-refractivity contribution in [3.8, 4) is 11.5 Å². The maximum absolute atomic E-state index is 14.0. The van der Waals surface area contributed by atoms with Gasteiger partial charge in [-0.15, -0.1) is 0 Å². The molecule has 46 heavy (non-hydrogen) atoms. The highest BCUT2D eigenvalue weighted by Crippen LogP contribution is 2.34. The quantitative estimate of drug-likeness (QED) is 0.0659. The molecule has 0 atom stereocenters. The van der Waals surface area contributed by atoms with Crippen LogP contribution < -0.4 is 38.0 Å². The number of rotatable bonds is 23. The van der Waals surface area contributed by atoms with Gasteiger partial charge in [-0.25, -0.2) is 13.0 Å². The minimum absolute atomic E-state index is 0. The van der Waals surface area contributed by atoms with Crippen LogP contribution in [-0.2, 0) is 29.7 Å². The van der Waals surface area contributed by atoms with E-state index in [1.165, 1.54) is 64.2 Å². The normalized spacial score (nSPS) is 11.4. The average molecular weight is 765 g/mol. The largest absolute Gasteiger partial charge is 1.00 e. The van der Waals surface area contributed by atoms with Gasteiger partial charge in [0, 0.05) is 37.2 Å². The Morgan fingerprint density at radius 2 is 1.30 bits per heavy atom. The van der Waals surface area contributed by atoms with E-state index >= 15 is 0 Å². The van der Waals surface area contributed by atoms with E-state index in [9.17, 15) is 8.42 Å². The van der Waals surface area contributed by atoms with Gasteiger partial charge in [-0.1, -0.05) is 114 Å².